The molecule has 9 nitrogen and oxygen atoms in total. The first kappa shape index (κ1) is 18.1. The molecular weight excluding hydrogens is 364 g/mol. The van der Waals surface area contributed by atoms with Crippen LogP contribution in [-0.2, 0) is 4.79 Å². The maximum Gasteiger partial charge on any atom is 0.238 e. The van der Waals surface area contributed by atoms with Crippen LogP contribution < -0.4 is 14.8 Å². The Morgan fingerprint density at radius 2 is 2.07 bits per heavy atom. The number of nitrogens with zero attached hydrogens (tertiary/aromatic N) is 3. The van der Waals surface area contributed by atoms with Gasteiger partial charge >= 0.3 is 0 Å². The van der Waals surface area contributed by atoms with E-state index in [1.807, 2.05) is 4.90 Å². The van der Waals surface area contributed by atoms with Crippen molar-refractivity contribution >= 4 is 11.6 Å². The van der Waals surface area contributed by atoms with Crippen molar-refractivity contribution in [3.05, 3.63) is 42.5 Å². The highest BCUT2D eigenvalue weighted by Gasteiger charge is 2.33. The number of methoxy groups -OCH3 is 2. The van der Waals surface area contributed by atoms with Crippen LogP contribution >= 0.6 is 0 Å². The van der Waals surface area contributed by atoms with E-state index in [2.05, 4.69) is 15.5 Å². The largest absolute Gasteiger partial charge is 0.493 e. The molecule has 0 saturated carbocycles. The number of rotatable bonds is 7. The van der Waals surface area contributed by atoms with Crippen LogP contribution in [0, 0.1) is 0 Å². The average molecular weight is 384 g/mol. The van der Waals surface area contributed by atoms with Gasteiger partial charge in [-0.15, -0.1) is 0 Å². The van der Waals surface area contributed by atoms with Crippen molar-refractivity contribution in [2.24, 2.45) is 0 Å². The SMILES string of the molecule is COc1ccc(NC(=O)CN2CC(c3nc(-c4ccco4)no3)C2)cc1OC. The third kappa shape index (κ3) is 3.70. The minimum Gasteiger partial charge on any atom is -0.493 e. The average Bonchev–Trinajstić information content (AvgIpc) is 3.35. The Balaban J connectivity index is 1.28. The number of nitrogens with one attached hydrogen (secondary N) is 1. The lowest BCUT2D eigenvalue weighted by molar-refractivity contribution is -0.118. The molecule has 0 bridgehead atoms. The van der Waals surface area contributed by atoms with Crippen LogP contribution in [0.25, 0.3) is 11.6 Å². The van der Waals surface area contributed by atoms with Gasteiger partial charge in [0, 0.05) is 24.8 Å². The molecule has 1 aliphatic rings. The molecule has 1 amide bonds. The lowest BCUT2D eigenvalue weighted by atomic mass is 10.0. The van der Waals surface area contributed by atoms with Crippen LogP contribution in [0.1, 0.15) is 11.8 Å². The molecule has 3 heterocycles. The van der Waals surface area contributed by atoms with Crippen LogP contribution in [0.4, 0.5) is 5.69 Å². The van der Waals surface area contributed by atoms with Crippen molar-refractivity contribution < 1.29 is 23.2 Å². The molecule has 0 unspecified atom stereocenters. The van der Waals surface area contributed by atoms with Gasteiger partial charge in [-0.05, 0) is 24.3 Å². The molecule has 4 rings (SSSR count). The van der Waals surface area contributed by atoms with Crippen molar-refractivity contribution in [2.45, 2.75) is 5.92 Å². The van der Waals surface area contributed by atoms with Gasteiger partial charge in [0.05, 0.1) is 32.9 Å². The molecule has 1 N–H and O–H groups in total. The molecule has 28 heavy (non-hydrogen) atoms. The standard InChI is InChI=1S/C19H20N4O5/c1-25-14-6-5-13(8-16(14)26-2)20-17(24)11-23-9-12(10-23)19-21-18(22-28-19)15-4-3-7-27-15/h3-8,12H,9-11H2,1-2H3,(H,20,24). The highest BCUT2D eigenvalue weighted by molar-refractivity contribution is 5.92. The monoisotopic (exact) mass is 384 g/mol. The smallest absolute Gasteiger partial charge is 0.238 e. The topological polar surface area (TPSA) is 103 Å². The van der Waals surface area contributed by atoms with Gasteiger partial charge in [-0.1, -0.05) is 5.16 Å². The molecule has 3 aromatic rings. The zero-order valence-corrected chi connectivity index (χ0v) is 15.5. The normalized spacial score (nSPS) is 14.5. The zero-order chi connectivity index (χ0) is 19.5. The first-order chi connectivity index (χ1) is 13.7. The Labute approximate surface area is 161 Å². The Bertz CT molecular complexity index is 947. The van der Waals surface area contributed by atoms with Crippen molar-refractivity contribution in [3.63, 3.8) is 0 Å². The number of hydrogen-bond donors (Lipinski definition) is 1. The molecule has 1 saturated heterocycles. The summed E-state index contributed by atoms with van der Waals surface area (Å²) in [6.07, 6.45) is 1.56. The number of furan rings is 1. The number of benzene rings is 1. The van der Waals surface area contributed by atoms with Gasteiger partial charge < -0.3 is 23.7 Å². The lowest BCUT2D eigenvalue weighted by Crippen LogP contribution is -2.48. The quantitative estimate of drug-likeness (QED) is 0.662. The molecule has 2 aromatic heterocycles. The second kappa shape index (κ2) is 7.73. The third-order valence-corrected chi connectivity index (χ3v) is 4.52. The summed E-state index contributed by atoms with van der Waals surface area (Å²) in [6.45, 7) is 1.64. The van der Waals surface area contributed by atoms with E-state index in [-0.39, 0.29) is 18.4 Å². The van der Waals surface area contributed by atoms with E-state index in [1.54, 1.807) is 50.8 Å². The molecule has 1 fully saturated rings. The van der Waals surface area contributed by atoms with Crippen LogP contribution in [0.5, 0.6) is 11.5 Å². The summed E-state index contributed by atoms with van der Waals surface area (Å²) in [6, 6.07) is 8.80. The minimum atomic E-state index is -0.104. The number of hydrogen-bond acceptors (Lipinski definition) is 8. The van der Waals surface area contributed by atoms with Gasteiger partial charge in [-0.2, -0.15) is 4.98 Å². The second-order valence-corrected chi connectivity index (χ2v) is 6.44. The van der Waals surface area contributed by atoms with Crippen LogP contribution in [0.2, 0.25) is 0 Å². The Morgan fingerprint density at radius 1 is 1.25 bits per heavy atom. The number of ether oxygens (including phenoxy) is 2. The Kier molecular flexibility index (Phi) is 4.98. The number of carbonyl (C=O) groups excluding carboxylic acids is 1. The first-order valence-corrected chi connectivity index (χ1v) is 8.78. The summed E-state index contributed by atoms with van der Waals surface area (Å²) < 4.78 is 21.0. The van der Waals surface area contributed by atoms with Crippen molar-refractivity contribution in [2.75, 3.05) is 39.2 Å². The number of aromatic nitrogens is 2. The fourth-order valence-electron chi connectivity index (χ4n) is 3.08. The summed E-state index contributed by atoms with van der Waals surface area (Å²) in [5.74, 6) is 2.75. The van der Waals surface area contributed by atoms with E-state index in [9.17, 15) is 4.79 Å². The van der Waals surface area contributed by atoms with E-state index in [1.165, 1.54) is 0 Å². The summed E-state index contributed by atoms with van der Waals surface area (Å²) in [5.41, 5.74) is 0.653. The van der Waals surface area contributed by atoms with E-state index < -0.39 is 0 Å². The van der Waals surface area contributed by atoms with Crippen molar-refractivity contribution in [1.82, 2.24) is 15.0 Å². The minimum absolute atomic E-state index is 0.104. The van der Waals surface area contributed by atoms with Gasteiger partial charge in [-0.25, -0.2) is 0 Å². The van der Waals surface area contributed by atoms with Gasteiger partial charge in [0.2, 0.25) is 17.6 Å². The molecule has 0 spiro atoms. The summed E-state index contributed by atoms with van der Waals surface area (Å²) in [4.78, 5) is 18.7. The van der Waals surface area contributed by atoms with Crippen molar-refractivity contribution in [1.29, 1.82) is 0 Å². The molecule has 146 valence electrons. The number of anilines is 1. The third-order valence-electron chi connectivity index (χ3n) is 4.52. The lowest BCUT2D eigenvalue weighted by Gasteiger charge is -2.36. The molecule has 1 aromatic carbocycles. The van der Waals surface area contributed by atoms with Crippen LogP contribution in [0.15, 0.2) is 45.5 Å². The summed E-state index contributed by atoms with van der Waals surface area (Å²) in [5, 5.41) is 6.80. The molecule has 0 radical (unpaired) electrons. The highest BCUT2D eigenvalue weighted by atomic mass is 16.5. The van der Waals surface area contributed by atoms with Gasteiger partial charge in [-0.3, -0.25) is 9.69 Å². The zero-order valence-electron chi connectivity index (χ0n) is 15.5. The predicted octanol–water partition coefficient (Wildman–Crippen LogP) is 2.38. The first-order valence-electron chi connectivity index (χ1n) is 8.78. The van der Waals surface area contributed by atoms with Gasteiger partial charge in [0.25, 0.3) is 0 Å². The molecular formula is C19H20N4O5. The predicted molar refractivity (Wildman–Crippen MR) is 99.4 cm³/mol. The molecule has 0 atom stereocenters. The van der Waals surface area contributed by atoms with Gasteiger partial charge in [0.1, 0.15) is 0 Å². The maximum atomic E-state index is 12.3. The fourth-order valence-corrected chi connectivity index (χ4v) is 3.08. The van der Waals surface area contributed by atoms with E-state index in [0.29, 0.717) is 47.8 Å². The second-order valence-electron chi connectivity index (χ2n) is 6.44. The summed E-state index contributed by atoms with van der Waals surface area (Å²) in [7, 11) is 3.12. The molecule has 9 heteroatoms. The van der Waals surface area contributed by atoms with Crippen molar-refractivity contribution in [3.8, 4) is 23.1 Å². The number of carbonyl (C=O) groups is 1. The van der Waals surface area contributed by atoms with E-state index >= 15 is 0 Å². The number of likely N-dealkylation sites (tertiary alicyclic amines) is 1. The Morgan fingerprint density at radius 3 is 2.79 bits per heavy atom. The highest BCUT2D eigenvalue weighted by Crippen LogP contribution is 2.30. The fraction of sp³-hybridized carbons (Fsp3) is 0.316. The number of amides is 1. The van der Waals surface area contributed by atoms with Crippen LogP contribution in [0.3, 0.4) is 0 Å². The Hall–Kier alpha value is -3.33. The molecule has 0 aliphatic carbocycles. The maximum absolute atomic E-state index is 12.3. The summed E-state index contributed by atoms with van der Waals surface area (Å²) >= 11 is 0. The van der Waals surface area contributed by atoms with Gasteiger partial charge in [0.15, 0.2) is 17.3 Å². The van der Waals surface area contributed by atoms with E-state index in [0.717, 1.165) is 0 Å². The van der Waals surface area contributed by atoms with E-state index in [4.69, 9.17) is 18.4 Å². The van der Waals surface area contributed by atoms with Crippen LogP contribution in [-0.4, -0.2) is 54.8 Å². The molecule has 1 aliphatic heterocycles.